The predicted molar refractivity (Wildman–Crippen MR) is 110 cm³/mol. The number of aromatic carboxylic acids is 2. The van der Waals surface area contributed by atoms with Gasteiger partial charge in [0.15, 0.2) is 0 Å². The molecule has 0 radical (unpaired) electrons. The third-order valence-corrected chi connectivity index (χ3v) is 8.68. The summed E-state index contributed by atoms with van der Waals surface area (Å²) in [6.45, 7) is 0. The van der Waals surface area contributed by atoms with Crippen LogP contribution in [0.3, 0.4) is 0 Å². The molecule has 1 aromatic carbocycles. The molecule has 0 amide bonds. The molecule has 0 saturated heterocycles. The highest BCUT2D eigenvalue weighted by molar-refractivity contribution is 7.54. The summed E-state index contributed by atoms with van der Waals surface area (Å²) >= 11 is 0. The molecule has 0 heterocycles. The molecule has 10 nitrogen and oxygen atoms in total. The van der Waals surface area contributed by atoms with Gasteiger partial charge in [-0.05, 0) is 48.9 Å². The second-order valence-corrected chi connectivity index (χ2v) is 11.1. The average molecular weight is 466 g/mol. The summed E-state index contributed by atoms with van der Waals surface area (Å²) < 4.78 is 44.1. The standard InChI is InChI=1S/C18H28O10P2/c1-25-29(23,26-2)11-5-7-13-14(8-6-12-30(24,27-3)28-4)16(18(21)22)10-9-15(13)17(19)20/h9-10H,5-8,11-12H2,1-4H3,(H,19,20)(H,21,22). The number of benzene rings is 1. The number of hydrogen-bond acceptors (Lipinski definition) is 8. The normalized spacial score (nSPS) is 12.1. The van der Waals surface area contributed by atoms with Gasteiger partial charge in [-0.25, -0.2) is 9.59 Å². The molecule has 0 fully saturated rings. The van der Waals surface area contributed by atoms with Crippen LogP contribution in [0.4, 0.5) is 0 Å². The monoisotopic (exact) mass is 466 g/mol. The first kappa shape index (κ1) is 26.5. The van der Waals surface area contributed by atoms with Crippen molar-refractivity contribution in [3.8, 4) is 0 Å². The molecule has 0 unspecified atom stereocenters. The highest BCUT2D eigenvalue weighted by atomic mass is 31.2. The van der Waals surface area contributed by atoms with Crippen molar-refractivity contribution in [1.29, 1.82) is 0 Å². The Morgan fingerprint density at radius 1 is 0.733 bits per heavy atom. The summed E-state index contributed by atoms with van der Waals surface area (Å²) in [6.07, 6.45) is 0.895. The van der Waals surface area contributed by atoms with Gasteiger partial charge in [-0.1, -0.05) is 0 Å². The summed E-state index contributed by atoms with van der Waals surface area (Å²) in [4.78, 5) is 23.4. The van der Waals surface area contributed by atoms with Gasteiger partial charge in [0.25, 0.3) is 0 Å². The van der Waals surface area contributed by atoms with Crippen molar-refractivity contribution in [2.24, 2.45) is 0 Å². The molecule has 1 rings (SSSR count). The van der Waals surface area contributed by atoms with Crippen molar-refractivity contribution in [3.05, 3.63) is 34.4 Å². The van der Waals surface area contributed by atoms with Crippen LogP contribution in [-0.4, -0.2) is 62.9 Å². The average Bonchev–Trinajstić information content (AvgIpc) is 2.73. The van der Waals surface area contributed by atoms with Crippen LogP contribution in [0.2, 0.25) is 0 Å². The van der Waals surface area contributed by atoms with Gasteiger partial charge in [0.2, 0.25) is 0 Å². The van der Waals surface area contributed by atoms with E-state index in [-0.39, 0.29) is 49.1 Å². The van der Waals surface area contributed by atoms with Crippen molar-refractivity contribution < 1.29 is 47.0 Å². The first-order chi connectivity index (χ1) is 14.1. The topological polar surface area (TPSA) is 146 Å². The molecule has 1 aromatic rings. The minimum absolute atomic E-state index is 0.0400. The SMILES string of the molecule is COP(=O)(CCCc1c(C(=O)O)ccc(C(=O)O)c1CCCP(=O)(OC)OC)OC. The second-order valence-electron chi connectivity index (χ2n) is 6.33. The maximum atomic E-state index is 12.3. The highest BCUT2D eigenvalue weighted by Crippen LogP contribution is 2.48. The highest BCUT2D eigenvalue weighted by Gasteiger charge is 2.25. The molecule has 2 N–H and O–H groups in total. The van der Waals surface area contributed by atoms with Crippen LogP contribution in [0.25, 0.3) is 0 Å². The maximum Gasteiger partial charge on any atom is 0.335 e. The molecular weight excluding hydrogens is 438 g/mol. The van der Waals surface area contributed by atoms with E-state index < -0.39 is 27.1 Å². The number of carboxylic acids is 2. The van der Waals surface area contributed by atoms with Crippen LogP contribution < -0.4 is 0 Å². The van der Waals surface area contributed by atoms with Gasteiger partial charge < -0.3 is 28.3 Å². The lowest BCUT2D eigenvalue weighted by atomic mass is 9.90. The van der Waals surface area contributed by atoms with Gasteiger partial charge >= 0.3 is 27.1 Å². The summed E-state index contributed by atoms with van der Waals surface area (Å²) in [5.41, 5.74) is 0.569. The van der Waals surface area contributed by atoms with Crippen LogP contribution in [0.5, 0.6) is 0 Å². The van der Waals surface area contributed by atoms with E-state index in [1.165, 1.54) is 40.6 Å². The van der Waals surface area contributed by atoms with Gasteiger partial charge in [-0.3, -0.25) is 9.13 Å². The third kappa shape index (κ3) is 7.01. The van der Waals surface area contributed by atoms with Gasteiger partial charge in [0, 0.05) is 28.4 Å². The molecule has 0 spiro atoms. The second kappa shape index (κ2) is 11.7. The van der Waals surface area contributed by atoms with Crippen LogP contribution in [-0.2, 0) is 40.1 Å². The van der Waals surface area contributed by atoms with Crippen molar-refractivity contribution in [1.82, 2.24) is 0 Å². The van der Waals surface area contributed by atoms with Crippen LogP contribution in [0.1, 0.15) is 44.7 Å². The summed E-state index contributed by atoms with van der Waals surface area (Å²) in [5.74, 6) is -2.41. The van der Waals surface area contributed by atoms with E-state index in [0.717, 1.165) is 0 Å². The molecule has 0 saturated carbocycles. The molecule has 0 atom stereocenters. The fourth-order valence-corrected chi connectivity index (χ4v) is 5.20. The van der Waals surface area contributed by atoms with Crippen molar-refractivity contribution in [3.63, 3.8) is 0 Å². The molecule has 12 heteroatoms. The lowest BCUT2D eigenvalue weighted by Gasteiger charge is -2.18. The Morgan fingerprint density at radius 3 is 1.27 bits per heavy atom. The molecule has 0 aliphatic rings. The van der Waals surface area contributed by atoms with E-state index in [1.54, 1.807) is 0 Å². The first-order valence-corrected chi connectivity index (χ1v) is 12.5. The summed E-state index contributed by atoms with van der Waals surface area (Å²) in [5, 5.41) is 19.1. The van der Waals surface area contributed by atoms with Crippen LogP contribution >= 0.6 is 15.2 Å². The lowest BCUT2D eigenvalue weighted by molar-refractivity contribution is 0.0679. The van der Waals surface area contributed by atoms with Crippen molar-refractivity contribution in [2.75, 3.05) is 40.8 Å². The Bertz CT molecular complexity index is 767. The van der Waals surface area contributed by atoms with Crippen LogP contribution in [0, 0.1) is 0 Å². The van der Waals surface area contributed by atoms with Gasteiger partial charge in [0.1, 0.15) is 0 Å². The fourth-order valence-electron chi connectivity index (χ4n) is 3.08. The fraction of sp³-hybridized carbons (Fsp3) is 0.556. The zero-order valence-corrected chi connectivity index (χ0v) is 19.2. The Labute approximate surface area is 175 Å². The first-order valence-electron chi connectivity index (χ1n) is 9.08. The zero-order chi connectivity index (χ0) is 22.9. The summed E-state index contributed by atoms with van der Waals surface area (Å²) in [7, 11) is -1.55. The Hall–Kier alpha value is -1.54. The summed E-state index contributed by atoms with van der Waals surface area (Å²) in [6, 6.07) is 2.48. The molecule has 0 aliphatic carbocycles. The van der Waals surface area contributed by atoms with E-state index in [2.05, 4.69) is 0 Å². The number of carbonyl (C=O) groups is 2. The molecule has 0 aromatic heterocycles. The van der Waals surface area contributed by atoms with E-state index in [4.69, 9.17) is 18.1 Å². The minimum Gasteiger partial charge on any atom is -0.478 e. The Kier molecular flexibility index (Phi) is 10.4. The molecule has 170 valence electrons. The lowest BCUT2D eigenvalue weighted by Crippen LogP contribution is -2.13. The minimum atomic E-state index is -3.29. The van der Waals surface area contributed by atoms with Crippen molar-refractivity contribution >= 4 is 27.1 Å². The molecule has 30 heavy (non-hydrogen) atoms. The van der Waals surface area contributed by atoms with Crippen LogP contribution in [0.15, 0.2) is 12.1 Å². The van der Waals surface area contributed by atoms with Gasteiger partial charge in [-0.2, -0.15) is 0 Å². The third-order valence-electron chi connectivity index (χ3n) is 4.72. The molecular formula is C18H28O10P2. The van der Waals surface area contributed by atoms with E-state index in [9.17, 15) is 28.9 Å². The smallest absolute Gasteiger partial charge is 0.335 e. The largest absolute Gasteiger partial charge is 0.478 e. The van der Waals surface area contributed by atoms with Gasteiger partial charge in [0.05, 0.1) is 23.5 Å². The quantitative estimate of drug-likeness (QED) is 0.387. The zero-order valence-electron chi connectivity index (χ0n) is 17.5. The van der Waals surface area contributed by atoms with E-state index >= 15 is 0 Å². The maximum absolute atomic E-state index is 12.3. The number of rotatable bonds is 14. The van der Waals surface area contributed by atoms with Crippen molar-refractivity contribution in [2.45, 2.75) is 25.7 Å². The Morgan fingerprint density at radius 2 is 1.03 bits per heavy atom. The Balaban J connectivity index is 3.25. The number of hydrogen-bond donors (Lipinski definition) is 2. The van der Waals surface area contributed by atoms with E-state index in [1.807, 2.05) is 0 Å². The molecule has 0 aliphatic heterocycles. The number of carboxylic acid groups (broad SMARTS) is 2. The van der Waals surface area contributed by atoms with E-state index in [0.29, 0.717) is 11.1 Å². The van der Waals surface area contributed by atoms with Gasteiger partial charge in [-0.15, -0.1) is 0 Å². The molecule has 0 bridgehead atoms. The predicted octanol–water partition coefficient (Wildman–Crippen LogP) is 3.92.